The molecule has 3 N–H and O–H groups in total. The van der Waals surface area contributed by atoms with Gasteiger partial charge in [0.1, 0.15) is 0 Å². The smallest absolute Gasteiger partial charge is 0.220 e. The molecule has 1 unspecified atom stereocenters. The van der Waals surface area contributed by atoms with E-state index in [1.165, 1.54) is 0 Å². The Bertz CT molecular complexity index is 199. The fourth-order valence-corrected chi connectivity index (χ4v) is 1.94. The second kappa shape index (κ2) is 7.63. The van der Waals surface area contributed by atoms with Gasteiger partial charge in [0, 0.05) is 26.2 Å². The third-order valence-electron chi connectivity index (χ3n) is 3.31. The van der Waals surface area contributed by atoms with E-state index in [2.05, 4.69) is 12.2 Å². The summed E-state index contributed by atoms with van der Waals surface area (Å²) in [5.41, 5.74) is 5.57. The lowest BCUT2D eigenvalue weighted by Gasteiger charge is -2.22. The molecule has 0 aliphatic carbocycles. The van der Waals surface area contributed by atoms with Gasteiger partial charge in [0.15, 0.2) is 0 Å². The topological polar surface area (TPSA) is 64.4 Å². The zero-order valence-electron chi connectivity index (χ0n) is 10.2. The lowest BCUT2D eigenvalue weighted by atomic mass is 9.99. The Balaban J connectivity index is 2.13. The zero-order valence-corrected chi connectivity index (χ0v) is 10.2. The third kappa shape index (κ3) is 4.94. The molecular weight excluding hydrogens is 204 g/mol. The van der Waals surface area contributed by atoms with E-state index in [0.29, 0.717) is 24.8 Å². The van der Waals surface area contributed by atoms with Gasteiger partial charge in [-0.2, -0.15) is 0 Å². The van der Waals surface area contributed by atoms with Crippen LogP contribution in [0.1, 0.15) is 32.6 Å². The molecule has 0 saturated carbocycles. The second-order valence-corrected chi connectivity index (χ2v) is 4.57. The molecule has 0 aromatic carbocycles. The molecule has 1 atom stereocenters. The molecule has 0 spiro atoms. The molecule has 1 aliphatic heterocycles. The Hall–Kier alpha value is -0.610. The van der Waals surface area contributed by atoms with Gasteiger partial charge >= 0.3 is 0 Å². The van der Waals surface area contributed by atoms with Gasteiger partial charge in [-0.05, 0) is 31.2 Å². The summed E-state index contributed by atoms with van der Waals surface area (Å²) in [5, 5.41) is 3.00. The summed E-state index contributed by atoms with van der Waals surface area (Å²) < 4.78 is 5.28. The fraction of sp³-hybridized carbons (Fsp3) is 0.917. The zero-order chi connectivity index (χ0) is 11.8. The van der Waals surface area contributed by atoms with E-state index in [0.717, 1.165) is 39.0 Å². The van der Waals surface area contributed by atoms with Crippen LogP contribution in [0, 0.1) is 11.8 Å². The molecule has 0 aromatic rings. The van der Waals surface area contributed by atoms with Crippen molar-refractivity contribution in [1.29, 1.82) is 0 Å². The van der Waals surface area contributed by atoms with Crippen LogP contribution in [0.2, 0.25) is 0 Å². The minimum atomic E-state index is 0.142. The highest BCUT2D eigenvalue weighted by Crippen LogP contribution is 2.13. The summed E-state index contributed by atoms with van der Waals surface area (Å²) in [4.78, 5) is 11.6. The van der Waals surface area contributed by atoms with Crippen LogP contribution in [0.25, 0.3) is 0 Å². The highest BCUT2D eigenvalue weighted by molar-refractivity contribution is 5.76. The van der Waals surface area contributed by atoms with E-state index in [9.17, 15) is 4.79 Å². The lowest BCUT2D eigenvalue weighted by molar-refractivity contribution is -0.122. The molecule has 1 amide bonds. The summed E-state index contributed by atoms with van der Waals surface area (Å²) in [6.45, 7) is 5.13. The summed E-state index contributed by atoms with van der Waals surface area (Å²) >= 11 is 0. The van der Waals surface area contributed by atoms with E-state index < -0.39 is 0 Å². The van der Waals surface area contributed by atoms with Gasteiger partial charge in [-0.15, -0.1) is 0 Å². The maximum Gasteiger partial charge on any atom is 0.220 e. The molecule has 4 heteroatoms. The number of amides is 1. The van der Waals surface area contributed by atoms with Crippen LogP contribution in [0.3, 0.4) is 0 Å². The number of hydrogen-bond donors (Lipinski definition) is 2. The summed E-state index contributed by atoms with van der Waals surface area (Å²) in [6, 6.07) is 0. The molecule has 0 aromatic heterocycles. The molecule has 0 bridgehead atoms. The number of ether oxygens (including phenoxy) is 1. The average Bonchev–Trinajstić information content (AvgIpc) is 2.34. The molecule has 94 valence electrons. The molecular formula is C12H24N2O2. The monoisotopic (exact) mass is 228 g/mol. The van der Waals surface area contributed by atoms with Crippen LogP contribution >= 0.6 is 0 Å². The number of nitrogens with one attached hydrogen (secondary N) is 1. The predicted octanol–water partition coefficient (Wildman–Crippen LogP) is 0.904. The SMILES string of the molecule is CCC(CN)CC(=O)NCC1CCOCC1. The van der Waals surface area contributed by atoms with Crippen molar-refractivity contribution in [3.05, 3.63) is 0 Å². The van der Waals surface area contributed by atoms with Gasteiger partial charge in [0.2, 0.25) is 5.91 Å². The minimum Gasteiger partial charge on any atom is -0.381 e. The molecule has 1 saturated heterocycles. The van der Waals surface area contributed by atoms with E-state index >= 15 is 0 Å². The number of carbonyl (C=O) groups is 1. The molecule has 16 heavy (non-hydrogen) atoms. The summed E-state index contributed by atoms with van der Waals surface area (Å²) in [7, 11) is 0. The van der Waals surface area contributed by atoms with Crippen molar-refractivity contribution < 1.29 is 9.53 Å². The van der Waals surface area contributed by atoms with Gasteiger partial charge in [0.25, 0.3) is 0 Å². The van der Waals surface area contributed by atoms with E-state index in [4.69, 9.17) is 10.5 Å². The Morgan fingerprint density at radius 1 is 1.50 bits per heavy atom. The number of hydrogen-bond acceptors (Lipinski definition) is 3. The van der Waals surface area contributed by atoms with Gasteiger partial charge < -0.3 is 15.8 Å². The number of nitrogens with two attached hydrogens (primary N) is 1. The van der Waals surface area contributed by atoms with Crippen molar-refractivity contribution >= 4 is 5.91 Å². The first-order valence-electron chi connectivity index (χ1n) is 6.30. The van der Waals surface area contributed by atoms with Gasteiger partial charge in [-0.3, -0.25) is 4.79 Å². The number of rotatable bonds is 6. The lowest BCUT2D eigenvalue weighted by Crippen LogP contribution is -2.33. The molecule has 1 heterocycles. The van der Waals surface area contributed by atoms with Crippen molar-refractivity contribution in [2.24, 2.45) is 17.6 Å². The van der Waals surface area contributed by atoms with Crippen molar-refractivity contribution in [2.45, 2.75) is 32.6 Å². The van der Waals surface area contributed by atoms with E-state index in [-0.39, 0.29) is 5.91 Å². The normalized spacial score (nSPS) is 19.4. The van der Waals surface area contributed by atoms with Crippen LogP contribution in [-0.2, 0) is 9.53 Å². The van der Waals surface area contributed by atoms with Crippen LogP contribution in [0.5, 0.6) is 0 Å². The average molecular weight is 228 g/mol. The summed E-state index contributed by atoms with van der Waals surface area (Å²) in [6.07, 6.45) is 3.67. The highest BCUT2D eigenvalue weighted by Gasteiger charge is 2.15. The highest BCUT2D eigenvalue weighted by atomic mass is 16.5. The summed E-state index contributed by atoms with van der Waals surface area (Å²) in [5.74, 6) is 1.06. The Kier molecular flexibility index (Phi) is 6.42. The Labute approximate surface area is 97.9 Å². The maximum atomic E-state index is 11.6. The first kappa shape index (κ1) is 13.5. The number of carbonyl (C=O) groups excluding carboxylic acids is 1. The standard InChI is InChI=1S/C12H24N2O2/c1-2-10(8-13)7-12(15)14-9-11-3-5-16-6-4-11/h10-11H,2-9,13H2,1H3,(H,14,15). The molecule has 4 nitrogen and oxygen atoms in total. The quantitative estimate of drug-likeness (QED) is 0.710. The van der Waals surface area contributed by atoms with E-state index in [1.807, 2.05) is 0 Å². The third-order valence-corrected chi connectivity index (χ3v) is 3.31. The van der Waals surface area contributed by atoms with Crippen molar-refractivity contribution in [3.63, 3.8) is 0 Å². The molecule has 0 radical (unpaired) electrons. The van der Waals surface area contributed by atoms with E-state index in [1.54, 1.807) is 0 Å². The van der Waals surface area contributed by atoms with Crippen LogP contribution in [-0.4, -0.2) is 32.2 Å². The van der Waals surface area contributed by atoms with Crippen LogP contribution in [0.4, 0.5) is 0 Å². The Morgan fingerprint density at radius 3 is 2.75 bits per heavy atom. The van der Waals surface area contributed by atoms with Gasteiger partial charge in [-0.25, -0.2) is 0 Å². The van der Waals surface area contributed by atoms with Gasteiger partial charge in [-0.1, -0.05) is 13.3 Å². The van der Waals surface area contributed by atoms with Crippen LogP contribution in [0.15, 0.2) is 0 Å². The predicted molar refractivity (Wildman–Crippen MR) is 64.0 cm³/mol. The van der Waals surface area contributed by atoms with Crippen molar-refractivity contribution in [3.8, 4) is 0 Å². The fourth-order valence-electron chi connectivity index (χ4n) is 1.94. The largest absolute Gasteiger partial charge is 0.381 e. The van der Waals surface area contributed by atoms with Gasteiger partial charge in [0.05, 0.1) is 0 Å². The van der Waals surface area contributed by atoms with Crippen molar-refractivity contribution in [1.82, 2.24) is 5.32 Å². The maximum absolute atomic E-state index is 11.6. The second-order valence-electron chi connectivity index (χ2n) is 4.57. The molecule has 1 rings (SSSR count). The minimum absolute atomic E-state index is 0.142. The Morgan fingerprint density at radius 2 is 2.19 bits per heavy atom. The first-order valence-corrected chi connectivity index (χ1v) is 6.30. The van der Waals surface area contributed by atoms with Crippen molar-refractivity contribution in [2.75, 3.05) is 26.3 Å². The molecule has 1 aliphatic rings. The van der Waals surface area contributed by atoms with Crippen LogP contribution < -0.4 is 11.1 Å². The first-order chi connectivity index (χ1) is 7.76. The molecule has 1 fully saturated rings.